The van der Waals surface area contributed by atoms with Crippen LogP contribution in [0.1, 0.15) is 75.6 Å². The highest BCUT2D eigenvalue weighted by molar-refractivity contribution is 5.92. The Balaban J connectivity index is 1.55. The maximum Gasteiger partial charge on any atom is 0.335 e. The number of pyridine rings is 5. The molecule has 262 valence electrons. The van der Waals surface area contributed by atoms with E-state index in [4.69, 9.17) is 36.4 Å². The predicted octanol–water partition coefficient (Wildman–Crippen LogP) is 2.98. The van der Waals surface area contributed by atoms with Crippen molar-refractivity contribution in [2.45, 2.75) is 39.3 Å². The summed E-state index contributed by atoms with van der Waals surface area (Å²) in [6.45, 7) is 0.00316. The number of nitrogens with two attached hydrogens (primary N) is 2. The van der Waals surface area contributed by atoms with Gasteiger partial charge in [0.2, 0.25) is 0 Å². The molecule has 0 spiro atoms. The standard InChI is InChI=1S/C35H29N9O8/c36-24-9-25(37)31-15-44-12-22-3-17(33(47)48)6-27(39-22)26-5-16(32(45)46)1-20(38-26)10-43(14-30(24)42-31)11-21-2-18(34(49)50)7-28(40-21)29-8-19(35(51)52)4-23(13-44)41-29/h1-9H,10-15,36-37H2,(H,45,46)(H,47,48)(H,49,50)(H,51,52). The quantitative estimate of drug-likeness (QED) is 0.157. The minimum atomic E-state index is -1.25. The summed E-state index contributed by atoms with van der Waals surface area (Å²) in [5.74, 6) is -5.00. The van der Waals surface area contributed by atoms with Gasteiger partial charge in [0.1, 0.15) is 0 Å². The summed E-state index contributed by atoms with van der Waals surface area (Å²) in [6, 6.07) is 12.3. The van der Waals surface area contributed by atoms with E-state index < -0.39 is 23.9 Å². The Hall–Kier alpha value is -6.85. The molecule has 52 heavy (non-hydrogen) atoms. The zero-order valence-electron chi connectivity index (χ0n) is 27.1. The van der Waals surface area contributed by atoms with E-state index >= 15 is 0 Å². The first-order valence-corrected chi connectivity index (χ1v) is 15.7. The Kier molecular flexibility index (Phi) is 8.49. The van der Waals surface area contributed by atoms with Gasteiger partial charge in [-0.1, -0.05) is 0 Å². The van der Waals surface area contributed by atoms with E-state index in [-0.39, 0.29) is 118 Å². The smallest absolute Gasteiger partial charge is 0.335 e. The van der Waals surface area contributed by atoms with Crippen molar-refractivity contribution in [1.82, 2.24) is 34.7 Å². The molecule has 2 aliphatic heterocycles. The molecule has 0 radical (unpaired) electrons. The predicted molar refractivity (Wildman–Crippen MR) is 182 cm³/mol. The molecule has 5 aromatic rings. The molecular weight excluding hydrogens is 674 g/mol. The molecule has 0 saturated heterocycles. The molecule has 0 aromatic carbocycles. The van der Waals surface area contributed by atoms with Crippen LogP contribution in [0.15, 0.2) is 54.6 Å². The molecule has 0 aliphatic carbocycles. The maximum atomic E-state index is 12.3. The SMILES string of the molecule is Nc1cc(N)c2nc1CN1Cc3cc(C(=O)O)cc(n3)-c3cc(C(=O)O)cc(n3)CN(Cc3cc(C(=O)O)cc(n3)-c3cc(C(=O)O)cc(n3)C1)C2. The van der Waals surface area contributed by atoms with Gasteiger partial charge in [-0.2, -0.15) is 0 Å². The highest BCUT2D eigenvalue weighted by Crippen LogP contribution is 2.28. The first-order chi connectivity index (χ1) is 24.8. The van der Waals surface area contributed by atoms with Gasteiger partial charge in [0.15, 0.2) is 0 Å². The number of fused-ring (bicyclic) bond motifs is 12. The number of carbonyl (C=O) groups is 4. The molecule has 0 amide bonds. The lowest BCUT2D eigenvalue weighted by Gasteiger charge is -2.24. The van der Waals surface area contributed by atoms with Crippen LogP contribution in [0, 0.1) is 0 Å². The Morgan fingerprint density at radius 2 is 0.692 bits per heavy atom. The highest BCUT2D eigenvalue weighted by Gasteiger charge is 2.24. The zero-order valence-corrected chi connectivity index (χ0v) is 27.1. The van der Waals surface area contributed by atoms with Crippen molar-refractivity contribution in [3.8, 4) is 22.8 Å². The van der Waals surface area contributed by atoms with E-state index in [0.29, 0.717) is 11.4 Å². The molecule has 5 aromatic heterocycles. The van der Waals surface area contributed by atoms with Gasteiger partial charge >= 0.3 is 23.9 Å². The number of anilines is 2. The van der Waals surface area contributed by atoms with Gasteiger partial charge in [0.05, 0.1) is 90.6 Å². The normalized spacial score (nSPS) is 16.4. The van der Waals surface area contributed by atoms with Crippen LogP contribution in [-0.4, -0.2) is 79.0 Å². The van der Waals surface area contributed by atoms with Gasteiger partial charge in [-0.25, -0.2) is 39.1 Å². The fourth-order valence-electron chi connectivity index (χ4n) is 6.25. The van der Waals surface area contributed by atoms with Crippen LogP contribution in [0.5, 0.6) is 0 Å². The topological polar surface area (TPSA) is 272 Å². The lowest BCUT2D eigenvalue weighted by molar-refractivity contribution is 0.0685. The minimum absolute atomic E-state index is 0.0300. The van der Waals surface area contributed by atoms with Crippen LogP contribution in [-0.2, 0) is 39.3 Å². The molecular formula is C35H29N9O8. The minimum Gasteiger partial charge on any atom is -0.478 e. The zero-order chi connectivity index (χ0) is 36.8. The average Bonchev–Trinajstić information content (AvgIpc) is 3.09. The number of aromatic carboxylic acids is 4. The second kappa shape index (κ2) is 13.1. The van der Waals surface area contributed by atoms with Crippen LogP contribution in [0.25, 0.3) is 22.8 Å². The Labute approximate surface area is 293 Å². The van der Waals surface area contributed by atoms with Crippen molar-refractivity contribution in [3.63, 3.8) is 0 Å². The summed E-state index contributed by atoms with van der Waals surface area (Å²) in [7, 11) is 0. The van der Waals surface area contributed by atoms with E-state index in [0.717, 1.165) is 0 Å². The lowest BCUT2D eigenvalue weighted by atomic mass is 10.1. The van der Waals surface area contributed by atoms with Gasteiger partial charge in [-0.3, -0.25) is 14.8 Å². The number of rotatable bonds is 4. The molecule has 17 heteroatoms. The molecule has 7 heterocycles. The van der Waals surface area contributed by atoms with Gasteiger partial charge in [-0.05, 0) is 54.6 Å². The number of carboxylic acids is 4. The van der Waals surface area contributed by atoms with Gasteiger partial charge in [0.25, 0.3) is 0 Å². The van der Waals surface area contributed by atoms with Crippen LogP contribution in [0.3, 0.4) is 0 Å². The monoisotopic (exact) mass is 703 g/mol. The Morgan fingerprint density at radius 1 is 0.423 bits per heavy atom. The van der Waals surface area contributed by atoms with Crippen molar-refractivity contribution in [2.24, 2.45) is 0 Å². The second-order valence-electron chi connectivity index (χ2n) is 12.5. The van der Waals surface area contributed by atoms with Crippen molar-refractivity contribution in [1.29, 1.82) is 0 Å². The van der Waals surface area contributed by atoms with Crippen LogP contribution >= 0.6 is 0 Å². The molecule has 2 aliphatic rings. The lowest BCUT2D eigenvalue weighted by Crippen LogP contribution is -2.27. The number of nitrogens with zero attached hydrogens (tertiary/aromatic N) is 7. The maximum absolute atomic E-state index is 12.3. The third kappa shape index (κ3) is 6.93. The summed E-state index contributed by atoms with van der Waals surface area (Å²) in [6.07, 6.45) is 0. The number of hydrogen-bond acceptors (Lipinski definition) is 13. The van der Waals surface area contributed by atoms with E-state index in [1.807, 2.05) is 0 Å². The third-order valence-electron chi connectivity index (χ3n) is 8.56. The molecule has 8 N–H and O–H groups in total. The highest BCUT2D eigenvalue weighted by atomic mass is 16.4. The number of aromatic nitrogens is 5. The molecule has 17 nitrogen and oxygen atoms in total. The van der Waals surface area contributed by atoms with E-state index in [9.17, 15) is 39.6 Å². The van der Waals surface area contributed by atoms with Crippen molar-refractivity contribution >= 4 is 35.3 Å². The van der Waals surface area contributed by atoms with E-state index in [1.54, 1.807) is 15.9 Å². The van der Waals surface area contributed by atoms with Gasteiger partial charge in [0, 0.05) is 39.3 Å². The van der Waals surface area contributed by atoms with Crippen molar-refractivity contribution < 1.29 is 39.6 Å². The molecule has 7 rings (SSSR count). The van der Waals surface area contributed by atoms with Crippen molar-refractivity contribution in [2.75, 3.05) is 11.5 Å². The van der Waals surface area contributed by atoms with Gasteiger partial charge < -0.3 is 31.9 Å². The molecule has 0 fully saturated rings. The fraction of sp³-hybridized carbons (Fsp3) is 0.171. The summed E-state index contributed by atoms with van der Waals surface area (Å²) >= 11 is 0. The molecule has 0 atom stereocenters. The molecule has 0 unspecified atom stereocenters. The van der Waals surface area contributed by atoms with Crippen molar-refractivity contribution in [3.05, 3.63) is 111 Å². The first-order valence-electron chi connectivity index (χ1n) is 15.7. The largest absolute Gasteiger partial charge is 0.478 e. The molecule has 12 bridgehead atoms. The number of carboxylic acid groups (broad SMARTS) is 4. The summed E-state index contributed by atoms with van der Waals surface area (Å²) in [5.41, 5.74) is 15.3. The summed E-state index contributed by atoms with van der Waals surface area (Å²) in [4.78, 5) is 76.5. The number of hydrogen-bond donors (Lipinski definition) is 6. The van der Waals surface area contributed by atoms with Crippen LogP contribution < -0.4 is 11.5 Å². The average molecular weight is 704 g/mol. The first kappa shape index (κ1) is 33.6. The van der Waals surface area contributed by atoms with Crippen LogP contribution in [0.4, 0.5) is 11.4 Å². The Bertz CT molecular complexity index is 2060. The summed E-state index contributed by atoms with van der Waals surface area (Å²) in [5, 5.41) is 40.2. The van der Waals surface area contributed by atoms with Crippen LogP contribution in [0.2, 0.25) is 0 Å². The van der Waals surface area contributed by atoms with E-state index in [1.165, 1.54) is 48.5 Å². The molecule has 0 saturated carbocycles. The summed E-state index contributed by atoms with van der Waals surface area (Å²) < 4.78 is 0. The fourth-order valence-corrected chi connectivity index (χ4v) is 6.25. The Morgan fingerprint density at radius 3 is 0.942 bits per heavy atom. The van der Waals surface area contributed by atoms with Gasteiger partial charge in [-0.15, -0.1) is 0 Å². The second-order valence-corrected chi connectivity index (χ2v) is 12.5. The third-order valence-corrected chi connectivity index (χ3v) is 8.56. The van der Waals surface area contributed by atoms with E-state index in [2.05, 4.69) is 0 Å². The number of nitrogen functional groups attached to an aromatic ring is 2.